The Morgan fingerprint density at radius 1 is 1.00 bits per heavy atom. The highest BCUT2D eigenvalue weighted by Crippen LogP contribution is 2.38. The molecule has 2 aromatic heterocycles. The molecule has 2 N–H and O–H groups in total. The number of nitrogens with one attached hydrogen (secondary N) is 2. The largest absolute Gasteiger partial charge is 0.361 e. The van der Waals surface area contributed by atoms with Gasteiger partial charge < -0.3 is 10.3 Å². The van der Waals surface area contributed by atoms with Crippen LogP contribution in [0.2, 0.25) is 0 Å². The number of aromatic amines is 1. The number of benzene rings is 2. The molecule has 4 heteroatoms. The predicted octanol–water partition coefficient (Wildman–Crippen LogP) is 5.22. The number of aryl methyl sites for hydroxylation is 1. The Morgan fingerprint density at radius 2 is 1.78 bits per heavy atom. The molecule has 2 aromatic carbocycles. The van der Waals surface area contributed by atoms with Crippen molar-refractivity contribution in [3.63, 3.8) is 0 Å². The van der Waals surface area contributed by atoms with Crippen molar-refractivity contribution in [3.8, 4) is 11.3 Å². The Kier molecular flexibility index (Phi) is 3.71. The molecule has 27 heavy (non-hydrogen) atoms. The summed E-state index contributed by atoms with van der Waals surface area (Å²) in [7, 11) is 0. The van der Waals surface area contributed by atoms with Crippen LogP contribution in [0.1, 0.15) is 30.9 Å². The molecule has 1 amide bonds. The normalized spacial score (nSPS) is 13.7. The fourth-order valence-corrected chi connectivity index (χ4v) is 4.32. The lowest BCUT2D eigenvalue weighted by Gasteiger charge is -2.22. The number of amides is 1. The number of hydrogen-bond acceptors (Lipinski definition) is 2. The van der Waals surface area contributed by atoms with E-state index in [-0.39, 0.29) is 5.91 Å². The fourth-order valence-electron chi connectivity index (χ4n) is 4.32. The van der Waals surface area contributed by atoms with Gasteiger partial charge in [0.05, 0.1) is 11.2 Å². The smallest absolute Gasteiger partial charge is 0.221 e. The average molecular weight is 355 g/mol. The van der Waals surface area contributed by atoms with E-state index in [1.54, 1.807) is 0 Å². The lowest BCUT2D eigenvalue weighted by molar-refractivity contribution is -0.114. The van der Waals surface area contributed by atoms with Crippen molar-refractivity contribution in [1.82, 2.24) is 9.97 Å². The van der Waals surface area contributed by atoms with Crippen LogP contribution in [0.3, 0.4) is 0 Å². The van der Waals surface area contributed by atoms with Crippen LogP contribution in [0.15, 0.2) is 48.7 Å². The number of nitrogens with zero attached hydrogens (tertiary/aromatic N) is 1. The minimum Gasteiger partial charge on any atom is -0.361 e. The first-order valence-corrected chi connectivity index (χ1v) is 9.50. The molecule has 0 radical (unpaired) electrons. The Balaban J connectivity index is 1.73. The molecule has 134 valence electrons. The first-order valence-electron chi connectivity index (χ1n) is 9.50. The molecular weight excluding hydrogens is 334 g/mol. The standard InChI is InChI=1S/C23H21N3O/c1-14(27)25-16-8-6-15(7-9-16)23-18-5-3-2-4-17(18)22-19-12-13-24-20(19)10-11-21(22)26-23/h6-13,24H,2-5H2,1H3,(H,25,27). The van der Waals surface area contributed by atoms with E-state index in [0.29, 0.717) is 0 Å². The summed E-state index contributed by atoms with van der Waals surface area (Å²) in [5, 5.41) is 5.41. The molecule has 1 aliphatic rings. The first kappa shape index (κ1) is 16.1. The van der Waals surface area contributed by atoms with Crippen molar-refractivity contribution in [2.45, 2.75) is 32.6 Å². The summed E-state index contributed by atoms with van der Waals surface area (Å²) in [4.78, 5) is 19.7. The van der Waals surface area contributed by atoms with Crippen molar-refractivity contribution >= 4 is 33.4 Å². The lowest BCUT2D eigenvalue weighted by Crippen LogP contribution is -2.08. The summed E-state index contributed by atoms with van der Waals surface area (Å²) >= 11 is 0. The van der Waals surface area contributed by atoms with Crippen molar-refractivity contribution in [2.24, 2.45) is 0 Å². The third kappa shape index (κ3) is 2.69. The van der Waals surface area contributed by atoms with Crippen LogP contribution in [-0.2, 0) is 17.6 Å². The summed E-state index contributed by atoms with van der Waals surface area (Å²) in [5.74, 6) is -0.0560. The third-order valence-corrected chi connectivity index (χ3v) is 5.48. The maximum Gasteiger partial charge on any atom is 0.221 e. The van der Waals surface area contributed by atoms with Gasteiger partial charge in [-0.25, -0.2) is 4.98 Å². The first-order chi connectivity index (χ1) is 13.2. The van der Waals surface area contributed by atoms with Gasteiger partial charge in [0.25, 0.3) is 0 Å². The maximum absolute atomic E-state index is 11.3. The Bertz CT molecular complexity index is 1170. The second-order valence-electron chi connectivity index (χ2n) is 7.28. The highest BCUT2D eigenvalue weighted by molar-refractivity contribution is 6.08. The van der Waals surface area contributed by atoms with Crippen LogP contribution < -0.4 is 5.32 Å². The summed E-state index contributed by atoms with van der Waals surface area (Å²) < 4.78 is 0. The van der Waals surface area contributed by atoms with E-state index in [1.165, 1.54) is 47.2 Å². The highest BCUT2D eigenvalue weighted by Gasteiger charge is 2.20. The monoisotopic (exact) mass is 355 g/mol. The van der Waals surface area contributed by atoms with Gasteiger partial charge in [-0.15, -0.1) is 0 Å². The van der Waals surface area contributed by atoms with Crippen LogP contribution in [0.25, 0.3) is 33.1 Å². The van der Waals surface area contributed by atoms with E-state index < -0.39 is 0 Å². The number of hydrogen-bond donors (Lipinski definition) is 2. The molecule has 1 aliphatic carbocycles. The van der Waals surface area contributed by atoms with Crippen molar-refractivity contribution in [1.29, 1.82) is 0 Å². The number of pyridine rings is 1. The number of aromatic nitrogens is 2. The van der Waals surface area contributed by atoms with E-state index in [4.69, 9.17) is 4.98 Å². The Morgan fingerprint density at radius 3 is 2.56 bits per heavy atom. The number of carbonyl (C=O) groups is 1. The molecule has 0 atom stereocenters. The van der Waals surface area contributed by atoms with Crippen LogP contribution >= 0.6 is 0 Å². The van der Waals surface area contributed by atoms with Gasteiger partial charge in [-0.3, -0.25) is 4.79 Å². The summed E-state index contributed by atoms with van der Waals surface area (Å²) in [6, 6.07) is 14.4. The van der Waals surface area contributed by atoms with E-state index in [1.807, 2.05) is 18.3 Å². The molecule has 4 aromatic rings. The molecule has 0 fully saturated rings. The predicted molar refractivity (Wildman–Crippen MR) is 110 cm³/mol. The number of fused-ring (bicyclic) bond motifs is 5. The van der Waals surface area contributed by atoms with Gasteiger partial charge >= 0.3 is 0 Å². The van der Waals surface area contributed by atoms with E-state index >= 15 is 0 Å². The second-order valence-corrected chi connectivity index (χ2v) is 7.28. The number of anilines is 1. The van der Waals surface area contributed by atoms with Gasteiger partial charge in [-0.05, 0) is 67.1 Å². The summed E-state index contributed by atoms with van der Waals surface area (Å²) in [5.41, 5.74) is 8.08. The number of H-pyrrole nitrogens is 1. The maximum atomic E-state index is 11.3. The molecule has 5 rings (SSSR count). The Labute approximate surface area is 157 Å². The molecule has 0 saturated carbocycles. The van der Waals surface area contributed by atoms with Crippen molar-refractivity contribution in [3.05, 3.63) is 59.8 Å². The number of rotatable bonds is 2. The fraction of sp³-hybridized carbons (Fsp3) is 0.217. The van der Waals surface area contributed by atoms with Gasteiger partial charge in [-0.1, -0.05) is 12.1 Å². The van der Waals surface area contributed by atoms with E-state index in [0.717, 1.165) is 35.3 Å². The molecule has 4 nitrogen and oxygen atoms in total. The number of carbonyl (C=O) groups excluding carboxylic acids is 1. The zero-order valence-corrected chi connectivity index (χ0v) is 15.3. The zero-order chi connectivity index (χ0) is 18.4. The van der Waals surface area contributed by atoms with Gasteiger partial charge in [0, 0.05) is 40.7 Å². The molecule has 0 bridgehead atoms. The quantitative estimate of drug-likeness (QED) is 0.518. The molecule has 0 unspecified atom stereocenters. The van der Waals surface area contributed by atoms with Crippen molar-refractivity contribution < 1.29 is 4.79 Å². The van der Waals surface area contributed by atoms with Crippen LogP contribution in [0, 0.1) is 0 Å². The highest BCUT2D eigenvalue weighted by atomic mass is 16.1. The van der Waals surface area contributed by atoms with E-state index in [9.17, 15) is 4.79 Å². The van der Waals surface area contributed by atoms with Crippen LogP contribution in [0.4, 0.5) is 5.69 Å². The molecule has 0 spiro atoms. The second kappa shape index (κ2) is 6.23. The van der Waals surface area contributed by atoms with Gasteiger partial charge in [0.15, 0.2) is 0 Å². The topological polar surface area (TPSA) is 57.8 Å². The zero-order valence-electron chi connectivity index (χ0n) is 15.3. The molecule has 0 saturated heterocycles. The van der Waals surface area contributed by atoms with Gasteiger partial charge in [0.1, 0.15) is 0 Å². The van der Waals surface area contributed by atoms with Gasteiger partial charge in [-0.2, -0.15) is 0 Å². The SMILES string of the molecule is CC(=O)Nc1ccc(-c2nc3ccc4[nH]ccc4c3c3c2CCCC3)cc1. The minimum absolute atomic E-state index is 0.0560. The average Bonchev–Trinajstić information content (AvgIpc) is 3.16. The summed E-state index contributed by atoms with van der Waals surface area (Å²) in [6.45, 7) is 1.52. The summed E-state index contributed by atoms with van der Waals surface area (Å²) in [6.07, 6.45) is 6.62. The third-order valence-electron chi connectivity index (χ3n) is 5.48. The van der Waals surface area contributed by atoms with E-state index in [2.05, 4.69) is 40.6 Å². The van der Waals surface area contributed by atoms with Gasteiger partial charge in [0.2, 0.25) is 5.91 Å². The molecular formula is C23H21N3O. The van der Waals surface area contributed by atoms with Crippen molar-refractivity contribution in [2.75, 3.05) is 5.32 Å². The molecule has 2 heterocycles. The molecule has 0 aliphatic heterocycles. The lowest BCUT2D eigenvalue weighted by atomic mass is 9.85. The minimum atomic E-state index is -0.0560. The van der Waals surface area contributed by atoms with Crippen LogP contribution in [-0.4, -0.2) is 15.9 Å². The Hall–Kier alpha value is -3.14. The van der Waals surface area contributed by atoms with Crippen LogP contribution in [0.5, 0.6) is 0 Å².